The molecule has 0 spiro atoms. The molecule has 0 bridgehead atoms. The monoisotopic (exact) mass is 593 g/mol. The van der Waals surface area contributed by atoms with Crippen LogP contribution in [0.2, 0.25) is 10.0 Å². The second-order valence-electron chi connectivity index (χ2n) is 8.75. The van der Waals surface area contributed by atoms with E-state index in [1.807, 2.05) is 6.92 Å². The minimum Gasteiger partial charge on any atom is -0.354 e. The molecule has 0 aliphatic heterocycles. The maximum absolute atomic E-state index is 14.0. The number of carbonyl (C=O) groups excluding carboxylic acids is 2. The first-order chi connectivity index (χ1) is 18.6. The van der Waals surface area contributed by atoms with Crippen LogP contribution >= 0.6 is 23.2 Å². The highest BCUT2D eigenvalue weighted by Gasteiger charge is 2.34. The predicted octanol–water partition coefficient (Wildman–Crippen LogP) is 5.66. The molecule has 208 valence electrons. The molecule has 2 amide bonds. The summed E-state index contributed by atoms with van der Waals surface area (Å²) in [5.41, 5.74) is 0.594. The van der Waals surface area contributed by atoms with Crippen molar-refractivity contribution in [3.05, 3.63) is 94.2 Å². The van der Waals surface area contributed by atoms with Gasteiger partial charge in [-0.25, -0.2) is 12.8 Å². The molecule has 1 atom stereocenters. The van der Waals surface area contributed by atoms with E-state index in [1.54, 1.807) is 49.4 Å². The van der Waals surface area contributed by atoms with Crippen LogP contribution in [0, 0.1) is 5.82 Å². The Balaban J connectivity index is 2.07. The van der Waals surface area contributed by atoms with Gasteiger partial charge in [0.2, 0.25) is 11.8 Å². The zero-order valence-corrected chi connectivity index (χ0v) is 23.9. The Bertz CT molecular complexity index is 1410. The molecule has 0 aromatic heterocycles. The third kappa shape index (κ3) is 7.50. The molecule has 0 aliphatic rings. The molecule has 3 aromatic carbocycles. The van der Waals surface area contributed by atoms with E-state index in [4.69, 9.17) is 23.2 Å². The fourth-order valence-corrected chi connectivity index (χ4v) is 5.78. The van der Waals surface area contributed by atoms with E-state index in [1.165, 1.54) is 23.1 Å². The van der Waals surface area contributed by atoms with E-state index in [0.29, 0.717) is 23.6 Å². The summed E-state index contributed by atoms with van der Waals surface area (Å²) in [7, 11) is -4.28. The van der Waals surface area contributed by atoms with Crippen molar-refractivity contribution in [3.63, 3.8) is 0 Å². The summed E-state index contributed by atoms with van der Waals surface area (Å²) in [5, 5.41) is 2.92. The first kappa shape index (κ1) is 30.4. The lowest BCUT2D eigenvalue weighted by Crippen LogP contribution is -2.52. The van der Waals surface area contributed by atoms with Crippen LogP contribution < -0.4 is 9.62 Å². The van der Waals surface area contributed by atoms with Crippen molar-refractivity contribution in [1.82, 2.24) is 10.2 Å². The smallest absolute Gasteiger partial charge is 0.264 e. The van der Waals surface area contributed by atoms with E-state index >= 15 is 0 Å². The summed E-state index contributed by atoms with van der Waals surface area (Å²) < 4.78 is 42.3. The van der Waals surface area contributed by atoms with Gasteiger partial charge in [-0.1, -0.05) is 73.4 Å². The molecule has 0 radical (unpaired) electrons. The van der Waals surface area contributed by atoms with Gasteiger partial charge in [-0.15, -0.1) is 0 Å². The summed E-state index contributed by atoms with van der Waals surface area (Å²) in [5.74, 6) is -1.74. The molecule has 3 aromatic rings. The van der Waals surface area contributed by atoms with E-state index < -0.39 is 34.3 Å². The average Bonchev–Trinajstić information content (AvgIpc) is 2.93. The number of nitrogens with zero attached hydrogens (tertiary/aromatic N) is 2. The van der Waals surface area contributed by atoms with Crippen molar-refractivity contribution >= 4 is 50.7 Å². The number of hydrogen-bond donors (Lipinski definition) is 1. The van der Waals surface area contributed by atoms with Crippen molar-refractivity contribution in [2.45, 2.75) is 44.2 Å². The van der Waals surface area contributed by atoms with Crippen LogP contribution in [-0.4, -0.2) is 44.3 Å². The molecule has 1 N–H and O–H groups in total. The SMILES string of the molecule is CCCNC(=O)C(CC)N(Cc1ccccc1Cl)C(=O)CN(c1ccc(F)c(Cl)c1)S(=O)(=O)c1ccccc1. The van der Waals surface area contributed by atoms with Crippen molar-refractivity contribution in [2.75, 3.05) is 17.4 Å². The number of anilines is 1. The van der Waals surface area contributed by atoms with Gasteiger partial charge in [0, 0.05) is 18.1 Å². The Hall–Kier alpha value is -3.14. The minimum atomic E-state index is -4.28. The second kappa shape index (κ2) is 13.8. The van der Waals surface area contributed by atoms with Gasteiger partial charge in [-0.2, -0.15) is 0 Å². The molecule has 0 fully saturated rings. The number of nitrogens with one attached hydrogen (secondary N) is 1. The Kier molecular flexibility index (Phi) is 10.7. The molecule has 1 unspecified atom stereocenters. The van der Waals surface area contributed by atoms with Gasteiger partial charge >= 0.3 is 0 Å². The maximum Gasteiger partial charge on any atom is 0.264 e. The standard InChI is InChI=1S/C28H30Cl2FN3O4S/c1-3-16-32-28(36)26(4-2)33(18-20-10-8-9-13-23(20)29)27(35)19-34(21-14-15-25(31)24(30)17-21)39(37,38)22-11-6-5-7-12-22/h5-15,17,26H,3-4,16,18-19H2,1-2H3,(H,32,36). The molecule has 3 rings (SSSR count). The highest BCUT2D eigenvalue weighted by molar-refractivity contribution is 7.92. The number of rotatable bonds is 12. The van der Waals surface area contributed by atoms with Gasteiger partial charge in [0.1, 0.15) is 18.4 Å². The van der Waals surface area contributed by atoms with Crippen LogP contribution in [-0.2, 0) is 26.2 Å². The number of benzene rings is 3. The Morgan fingerprint density at radius 3 is 2.23 bits per heavy atom. The third-order valence-corrected chi connectivity index (χ3v) is 8.48. The van der Waals surface area contributed by atoms with Crippen LogP contribution in [0.25, 0.3) is 0 Å². The Labute approximate surface area is 238 Å². The molecule has 0 saturated heterocycles. The fraction of sp³-hybridized carbons (Fsp3) is 0.286. The van der Waals surface area contributed by atoms with Gasteiger partial charge in [0.15, 0.2) is 0 Å². The fourth-order valence-electron chi connectivity index (χ4n) is 3.98. The number of halogens is 3. The lowest BCUT2D eigenvalue weighted by Gasteiger charge is -2.33. The van der Waals surface area contributed by atoms with Crippen LogP contribution in [0.5, 0.6) is 0 Å². The molecule has 0 aliphatic carbocycles. The highest BCUT2D eigenvalue weighted by Crippen LogP contribution is 2.28. The van der Waals surface area contributed by atoms with Crippen LogP contribution in [0.4, 0.5) is 10.1 Å². The first-order valence-corrected chi connectivity index (χ1v) is 14.6. The van der Waals surface area contributed by atoms with Crippen molar-refractivity contribution in [3.8, 4) is 0 Å². The molecule has 0 saturated carbocycles. The van der Waals surface area contributed by atoms with Crippen molar-refractivity contribution in [1.29, 1.82) is 0 Å². The zero-order valence-electron chi connectivity index (χ0n) is 21.6. The van der Waals surface area contributed by atoms with Crippen molar-refractivity contribution < 1.29 is 22.4 Å². The molecular weight excluding hydrogens is 564 g/mol. The quantitative estimate of drug-likeness (QED) is 0.293. The lowest BCUT2D eigenvalue weighted by molar-refractivity contribution is -0.140. The Morgan fingerprint density at radius 2 is 1.62 bits per heavy atom. The number of carbonyl (C=O) groups is 2. The molecule has 11 heteroatoms. The van der Waals surface area contributed by atoms with E-state index in [-0.39, 0.29) is 34.5 Å². The average molecular weight is 595 g/mol. The molecule has 39 heavy (non-hydrogen) atoms. The van der Waals surface area contributed by atoms with E-state index in [9.17, 15) is 22.4 Å². The third-order valence-electron chi connectivity index (χ3n) is 6.03. The van der Waals surface area contributed by atoms with Gasteiger partial charge in [-0.05, 0) is 54.8 Å². The molecular formula is C28H30Cl2FN3O4S. The summed E-state index contributed by atoms with van der Waals surface area (Å²) in [6, 6.07) is 17.0. The van der Waals surface area contributed by atoms with Crippen LogP contribution in [0.3, 0.4) is 0 Å². The van der Waals surface area contributed by atoms with Gasteiger partial charge in [0.05, 0.1) is 15.6 Å². The molecule has 0 heterocycles. The van der Waals surface area contributed by atoms with Gasteiger partial charge < -0.3 is 10.2 Å². The summed E-state index contributed by atoms with van der Waals surface area (Å²) >= 11 is 12.4. The van der Waals surface area contributed by atoms with Crippen molar-refractivity contribution in [2.24, 2.45) is 0 Å². The highest BCUT2D eigenvalue weighted by atomic mass is 35.5. The normalized spacial score (nSPS) is 12.0. The molecule has 7 nitrogen and oxygen atoms in total. The number of hydrogen-bond acceptors (Lipinski definition) is 4. The Morgan fingerprint density at radius 1 is 0.949 bits per heavy atom. The van der Waals surface area contributed by atoms with E-state index in [0.717, 1.165) is 16.4 Å². The number of amides is 2. The van der Waals surface area contributed by atoms with Gasteiger partial charge in [0.25, 0.3) is 10.0 Å². The first-order valence-electron chi connectivity index (χ1n) is 12.4. The lowest BCUT2D eigenvalue weighted by atomic mass is 10.1. The topological polar surface area (TPSA) is 86.8 Å². The van der Waals surface area contributed by atoms with Crippen LogP contribution in [0.15, 0.2) is 77.7 Å². The summed E-state index contributed by atoms with van der Waals surface area (Å²) in [4.78, 5) is 28.3. The number of sulfonamides is 1. The largest absolute Gasteiger partial charge is 0.354 e. The summed E-state index contributed by atoms with van der Waals surface area (Å²) in [6.45, 7) is 3.41. The second-order valence-corrected chi connectivity index (χ2v) is 11.4. The minimum absolute atomic E-state index is 0.000204. The summed E-state index contributed by atoms with van der Waals surface area (Å²) in [6.07, 6.45) is 0.981. The zero-order chi connectivity index (χ0) is 28.6. The predicted molar refractivity (Wildman–Crippen MR) is 152 cm³/mol. The van der Waals surface area contributed by atoms with Gasteiger partial charge in [-0.3, -0.25) is 13.9 Å². The van der Waals surface area contributed by atoms with E-state index in [2.05, 4.69) is 5.32 Å². The maximum atomic E-state index is 14.0. The van der Waals surface area contributed by atoms with Crippen LogP contribution in [0.1, 0.15) is 32.3 Å².